The van der Waals surface area contributed by atoms with Crippen LogP contribution in [0.4, 0.5) is 17.1 Å². The molecule has 0 amide bonds. The van der Waals surface area contributed by atoms with E-state index in [1.165, 1.54) is 77.4 Å². The van der Waals surface area contributed by atoms with Gasteiger partial charge in [-0.2, -0.15) is 0 Å². The Morgan fingerprint density at radius 3 is 1.79 bits per heavy atom. The van der Waals surface area contributed by atoms with Gasteiger partial charge in [-0.1, -0.05) is 194 Å². The molecule has 0 bridgehead atoms. The zero-order valence-electron chi connectivity index (χ0n) is 42.4. The van der Waals surface area contributed by atoms with Crippen LogP contribution in [0.1, 0.15) is 38.9 Å². The van der Waals surface area contributed by atoms with Crippen molar-refractivity contribution in [3.8, 4) is 56.3 Å². The second-order valence-corrected chi connectivity index (χ2v) is 21.3. The molecular formula is C74H48N2O2. The van der Waals surface area contributed by atoms with Gasteiger partial charge in [0, 0.05) is 56.0 Å². The Balaban J connectivity index is 0.905. The maximum Gasteiger partial charge on any atom is 0.132 e. The van der Waals surface area contributed by atoms with Crippen LogP contribution in [0.5, 0.6) is 17.2 Å². The summed E-state index contributed by atoms with van der Waals surface area (Å²) in [4.78, 5) is 2.53. The monoisotopic (exact) mass is 996 g/mol. The average molecular weight is 997 g/mol. The Bertz CT molecular complexity index is 4500. The molecule has 78 heavy (non-hydrogen) atoms. The van der Waals surface area contributed by atoms with Crippen molar-refractivity contribution in [2.75, 3.05) is 4.90 Å². The van der Waals surface area contributed by atoms with Gasteiger partial charge in [0.1, 0.15) is 23.4 Å². The summed E-state index contributed by atoms with van der Waals surface area (Å²) in [5.74, 6) is 2.71. The highest BCUT2D eigenvalue weighted by Gasteiger charge is 2.57. The van der Waals surface area contributed by atoms with E-state index in [0.717, 1.165) is 56.7 Å². The third-order valence-electron chi connectivity index (χ3n) is 17.7. The molecular weight excluding hydrogens is 949 g/mol. The molecule has 0 radical (unpaired) electrons. The minimum Gasteiger partial charge on any atom is -0.485 e. The molecule has 12 aromatic rings. The first-order valence-electron chi connectivity index (χ1n) is 27.1. The molecule has 0 saturated carbocycles. The van der Waals surface area contributed by atoms with E-state index in [0.29, 0.717) is 0 Å². The Kier molecular flexibility index (Phi) is 9.06. The Morgan fingerprint density at radius 2 is 0.987 bits per heavy atom. The van der Waals surface area contributed by atoms with Gasteiger partial charge in [0.05, 0.1) is 27.6 Å². The number of anilines is 3. The van der Waals surface area contributed by atoms with Crippen LogP contribution in [-0.4, -0.2) is 10.7 Å². The molecule has 4 nitrogen and oxygen atoms in total. The van der Waals surface area contributed by atoms with Crippen LogP contribution in [0.15, 0.2) is 279 Å². The predicted molar refractivity (Wildman–Crippen MR) is 316 cm³/mol. The molecule has 3 atom stereocenters. The fraction of sp³-hybridized carbons (Fsp3) is 0.0541. The fourth-order valence-corrected chi connectivity index (χ4v) is 14.7. The average Bonchev–Trinajstić information content (AvgIpc) is 4.19. The molecule has 3 unspecified atom stereocenters. The van der Waals surface area contributed by atoms with Crippen LogP contribution in [0.25, 0.3) is 60.9 Å². The third kappa shape index (κ3) is 5.73. The molecule has 0 fully saturated rings. The Labute approximate surface area is 452 Å². The summed E-state index contributed by atoms with van der Waals surface area (Å²) in [6.45, 7) is 0. The zero-order valence-corrected chi connectivity index (χ0v) is 42.4. The quantitative estimate of drug-likeness (QED) is 0.172. The maximum atomic E-state index is 6.90. The van der Waals surface area contributed by atoms with Crippen LogP contribution in [0.3, 0.4) is 0 Å². The van der Waals surface area contributed by atoms with Gasteiger partial charge in [0.25, 0.3) is 0 Å². The molecule has 3 heterocycles. The highest BCUT2D eigenvalue weighted by molar-refractivity contribution is 6.10. The van der Waals surface area contributed by atoms with Gasteiger partial charge in [0.2, 0.25) is 0 Å². The van der Waals surface area contributed by atoms with E-state index >= 15 is 0 Å². The SMILES string of the molecule is C1=CC2Oc3ccccc3C3(c4ccccc4-c4c(N(c5ccc(-c6ccc7c(c6)c6ccccc6n7-c6ccccc6)cc5)c5ccc6c(c5)C5(c7ccccc7Oc7ccccc75)c5ccccc5-6)cccc43)C2C=C1. The summed E-state index contributed by atoms with van der Waals surface area (Å²) in [7, 11) is 0. The maximum absolute atomic E-state index is 6.90. The molecule has 5 aliphatic rings. The summed E-state index contributed by atoms with van der Waals surface area (Å²) >= 11 is 0. The first kappa shape index (κ1) is 43.4. The number of rotatable bonds is 5. The van der Waals surface area contributed by atoms with Gasteiger partial charge >= 0.3 is 0 Å². The summed E-state index contributed by atoms with van der Waals surface area (Å²) in [6.07, 6.45) is 8.84. The summed E-state index contributed by atoms with van der Waals surface area (Å²) in [6, 6.07) is 94.1. The van der Waals surface area contributed by atoms with Crippen molar-refractivity contribution >= 4 is 38.9 Å². The standard InChI is InChI=1S/C74H48N2O2/c1-2-19-49(20-3-1)76-65-31-13-6-22-54(65)56-45-48(39-44-66(56)76)47-37-40-50(41-38-47)75(51-42-43-53-52-21-4-7-24-57(52)74(64(53)46-51)61-28-11-16-35-70(61)78-71-36-17-12-29-62(71)74)67-32-18-30-63-72(67)55-23-5-8-25-58(55)73(63)59-26-9-14-33-68(59)77-69-34-15-10-27-60(69)73/h1-46,59,68H. The number of nitrogens with zero attached hydrogens (tertiary/aromatic N) is 2. The summed E-state index contributed by atoms with van der Waals surface area (Å²) in [5, 5.41) is 2.47. The number of hydrogen-bond acceptors (Lipinski definition) is 3. The molecule has 0 N–H and O–H groups in total. The first-order chi connectivity index (χ1) is 38.7. The van der Waals surface area contributed by atoms with E-state index in [-0.39, 0.29) is 12.0 Å². The zero-order chi connectivity index (χ0) is 51.1. The lowest BCUT2D eigenvalue weighted by Crippen LogP contribution is -2.47. The summed E-state index contributed by atoms with van der Waals surface area (Å²) in [5.41, 5.74) is 21.5. The number of ether oxygens (including phenoxy) is 2. The molecule has 3 aliphatic carbocycles. The van der Waals surface area contributed by atoms with Gasteiger partial charge in [-0.15, -0.1) is 0 Å². The molecule has 366 valence electrons. The van der Waals surface area contributed by atoms with Crippen molar-refractivity contribution in [3.05, 3.63) is 318 Å². The van der Waals surface area contributed by atoms with E-state index in [1.807, 2.05) is 0 Å². The van der Waals surface area contributed by atoms with E-state index < -0.39 is 10.8 Å². The van der Waals surface area contributed by atoms with Gasteiger partial charge < -0.3 is 18.9 Å². The van der Waals surface area contributed by atoms with Crippen LogP contribution in [0, 0.1) is 5.92 Å². The van der Waals surface area contributed by atoms with Crippen LogP contribution < -0.4 is 14.4 Å². The van der Waals surface area contributed by atoms with Crippen molar-refractivity contribution in [1.29, 1.82) is 0 Å². The largest absolute Gasteiger partial charge is 0.485 e. The van der Waals surface area contributed by atoms with E-state index in [9.17, 15) is 0 Å². The van der Waals surface area contributed by atoms with Gasteiger partial charge in [-0.3, -0.25) is 0 Å². The topological polar surface area (TPSA) is 26.6 Å². The van der Waals surface area contributed by atoms with Gasteiger partial charge in [-0.25, -0.2) is 0 Å². The number of fused-ring (bicyclic) bond motifs is 21. The molecule has 4 heteroatoms. The van der Waals surface area contributed by atoms with Crippen LogP contribution >= 0.6 is 0 Å². The van der Waals surface area contributed by atoms with Gasteiger partial charge in [0.15, 0.2) is 0 Å². The molecule has 2 aliphatic heterocycles. The van der Waals surface area contributed by atoms with Crippen molar-refractivity contribution in [2.24, 2.45) is 5.92 Å². The summed E-state index contributed by atoms with van der Waals surface area (Å²) < 4.78 is 16.1. The predicted octanol–water partition coefficient (Wildman–Crippen LogP) is 18.2. The van der Waals surface area contributed by atoms with E-state index in [4.69, 9.17) is 9.47 Å². The van der Waals surface area contributed by atoms with Gasteiger partial charge in [-0.05, 0) is 135 Å². The molecule has 1 aromatic heterocycles. The Hall–Kier alpha value is -9.90. The second kappa shape index (κ2) is 16.3. The van der Waals surface area contributed by atoms with Crippen LogP contribution in [0.2, 0.25) is 0 Å². The molecule has 17 rings (SSSR count). The van der Waals surface area contributed by atoms with E-state index in [1.54, 1.807) is 0 Å². The smallest absolute Gasteiger partial charge is 0.132 e. The fourth-order valence-electron chi connectivity index (χ4n) is 14.7. The molecule has 0 saturated heterocycles. The number of allylic oxidation sites excluding steroid dienone is 2. The molecule has 2 spiro atoms. The van der Waals surface area contributed by atoms with Crippen molar-refractivity contribution < 1.29 is 9.47 Å². The minimum atomic E-state index is -0.637. The minimum absolute atomic E-state index is 0.0221. The highest BCUT2D eigenvalue weighted by Crippen LogP contribution is 2.66. The second-order valence-electron chi connectivity index (χ2n) is 21.3. The number of para-hydroxylation sites is 5. The third-order valence-corrected chi connectivity index (χ3v) is 17.7. The lowest BCUT2D eigenvalue weighted by molar-refractivity contribution is 0.141. The Morgan fingerprint density at radius 1 is 0.385 bits per heavy atom. The number of benzene rings is 11. The first-order valence-corrected chi connectivity index (χ1v) is 27.1. The lowest BCUT2D eigenvalue weighted by Gasteiger charge is -2.47. The molecule has 11 aromatic carbocycles. The van der Waals surface area contributed by atoms with Crippen molar-refractivity contribution in [3.63, 3.8) is 0 Å². The number of hydrogen-bond donors (Lipinski definition) is 0. The van der Waals surface area contributed by atoms with Crippen molar-refractivity contribution in [1.82, 2.24) is 4.57 Å². The number of aromatic nitrogens is 1. The van der Waals surface area contributed by atoms with Crippen molar-refractivity contribution in [2.45, 2.75) is 16.9 Å². The van der Waals surface area contributed by atoms with Crippen LogP contribution in [-0.2, 0) is 10.8 Å². The highest BCUT2D eigenvalue weighted by atomic mass is 16.5. The van der Waals surface area contributed by atoms with E-state index in [2.05, 4.69) is 289 Å². The lowest BCUT2D eigenvalue weighted by atomic mass is 9.60. The normalized spacial score (nSPS) is 18.0.